The van der Waals surface area contributed by atoms with Crippen LogP contribution >= 0.6 is 0 Å². The maximum atomic E-state index is 13.4. The number of benzene rings is 2. The molecule has 0 fully saturated rings. The van der Waals surface area contributed by atoms with Gasteiger partial charge in [-0.05, 0) is 18.6 Å². The summed E-state index contributed by atoms with van der Waals surface area (Å²) < 4.78 is 13.4. The first-order valence-electron chi connectivity index (χ1n) is 6.49. The molecule has 0 saturated heterocycles. The average molecular weight is 272 g/mol. The topological polar surface area (TPSA) is 41.1 Å². The van der Waals surface area contributed by atoms with Crippen molar-refractivity contribution in [2.24, 2.45) is 0 Å². The van der Waals surface area contributed by atoms with Crippen molar-refractivity contribution in [3.05, 3.63) is 71.5 Å². The maximum absolute atomic E-state index is 13.4. The van der Waals surface area contributed by atoms with Gasteiger partial charge in [0.15, 0.2) is 0 Å². The van der Waals surface area contributed by atoms with E-state index in [1.54, 1.807) is 18.2 Å². The van der Waals surface area contributed by atoms with Gasteiger partial charge in [0.25, 0.3) is 0 Å². The number of nitrogens with one attached hydrogen (secondary N) is 2. The summed E-state index contributed by atoms with van der Waals surface area (Å²) in [5, 5.41) is 5.46. The van der Waals surface area contributed by atoms with E-state index in [-0.39, 0.29) is 24.4 Å². The van der Waals surface area contributed by atoms with E-state index in [4.69, 9.17) is 0 Å². The van der Waals surface area contributed by atoms with E-state index in [1.807, 2.05) is 37.3 Å². The third-order valence-corrected chi connectivity index (χ3v) is 3.04. The molecule has 1 unspecified atom stereocenters. The minimum atomic E-state index is -0.316. The molecule has 0 bridgehead atoms. The zero-order chi connectivity index (χ0) is 14.4. The van der Waals surface area contributed by atoms with Gasteiger partial charge in [0, 0.05) is 12.1 Å². The summed E-state index contributed by atoms with van der Waals surface area (Å²) in [6, 6.07) is 15.6. The molecule has 4 heteroatoms. The number of carbonyl (C=O) groups excluding carboxylic acids is 1. The lowest BCUT2D eigenvalue weighted by Gasteiger charge is -2.15. The quantitative estimate of drug-likeness (QED) is 0.880. The van der Waals surface area contributed by atoms with Crippen molar-refractivity contribution in [2.75, 3.05) is 0 Å². The van der Waals surface area contributed by atoms with Crippen molar-refractivity contribution in [1.82, 2.24) is 10.6 Å². The predicted octanol–water partition coefficient (Wildman–Crippen LogP) is 3.39. The van der Waals surface area contributed by atoms with Crippen molar-refractivity contribution in [3.8, 4) is 0 Å². The summed E-state index contributed by atoms with van der Waals surface area (Å²) in [5.41, 5.74) is 1.49. The van der Waals surface area contributed by atoms with Crippen molar-refractivity contribution >= 4 is 6.03 Å². The lowest BCUT2D eigenvalue weighted by Crippen LogP contribution is -2.36. The molecule has 2 aromatic rings. The minimum absolute atomic E-state index is 0.100. The van der Waals surface area contributed by atoms with Crippen LogP contribution in [0.1, 0.15) is 24.1 Å². The molecular weight excluding hydrogens is 255 g/mol. The summed E-state index contributed by atoms with van der Waals surface area (Å²) in [5.74, 6) is -0.316. The molecular formula is C16H17FN2O. The molecule has 0 saturated carbocycles. The highest BCUT2D eigenvalue weighted by Gasteiger charge is 2.09. The molecule has 2 amide bonds. The number of halogens is 1. The largest absolute Gasteiger partial charge is 0.334 e. The third-order valence-electron chi connectivity index (χ3n) is 3.04. The molecule has 0 aliphatic carbocycles. The number of rotatable bonds is 4. The van der Waals surface area contributed by atoms with Gasteiger partial charge < -0.3 is 10.6 Å². The van der Waals surface area contributed by atoms with Crippen LogP contribution in [0.3, 0.4) is 0 Å². The monoisotopic (exact) mass is 272 g/mol. The highest BCUT2D eigenvalue weighted by atomic mass is 19.1. The van der Waals surface area contributed by atoms with Crippen molar-refractivity contribution < 1.29 is 9.18 Å². The fourth-order valence-corrected chi connectivity index (χ4v) is 1.89. The van der Waals surface area contributed by atoms with Crippen LogP contribution in [0.5, 0.6) is 0 Å². The van der Waals surface area contributed by atoms with Crippen LogP contribution in [0.15, 0.2) is 54.6 Å². The summed E-state index contributed by atoms with van der Waals surface area (Å²) in [6.07, 6.45) is 0. The van der Waals surface area contributed by atoms with Crippen LogP contribution in [-0.2, 0) is 6.54 Å². The van der Waals surface area contributed by atoms with Crippen molar-refractivity contribution in [2.45, 2.75) is 19.5 Å². The Kier molecular flexibility index (Phi) is 4.71. The van der Waals surface area contributed by atoms with Crippen molar-refractivity contribution in [3.63, 3.8) is 0 Å². The minimum Gasteiger partial charge on any atom is -0.334 e. The van der Waals surface area contributed by atoms with Crippen LogP contribution in [-0.4, -0.2) is 6.03 Å². The Morgan fingerprint density at radius 3 is 2.45 bits per heavy atom. The predicted molar refractivity (Wildman–Crippen MR) is 76.6 cm³/mol. The van der Waals surface area contributed by atoms with Gasteiger partial charge in [0.1, 0.15) is 5.82 Å². The van der Waals surface area contributed by atoms with Gasteiger partial charge in [-0.25, -0.2) is 9.18 Å². The summed E-state index contributed by atoms with van der Waals surface area (Å²) >= 11 is 0. The number of amides is 2. The summed E-state index contributed by atoms with van der Waals surface area (Å²) in [7, 11) is 0. The Bertz CT molecular complexity index is 572. The molecule has 2 aromatic carbocycles. The van der Waals surface area contributed by atoms with Gasteiger partial charge in [-0.3, -0.25) is 0 Å². The van der Waals surface area contributed by atoms with Crippen LogP contribution in [0.2, 0.25) is 0 Å². The molecule has 104 valence electrons. The summed E-state index contributed by atoms with van der Waals surface area (Å²) in [6.45, 7) is 2.07. The Balaban J connectivity index is 1.86. The molecule has 20 heavy (non-hydrogen) atoms. The van der Waals surface area contributed by atoms with Gasteiger partial charge >= 0.3 is 6.03 Å². The zero-order valence-electron chi connectivity index (χ0n) is 11.3. The van der Waals surface area contributed by atoms with E-state index in [1.165, 1.54) is 6.07 Å². The summed E-state index contributed by atoms with van der Waals surface area (Å²) in [4.78, 5) is 11.8. The molecule has 0 aliphatic rings. The number of hydrogen-bond acceptors (Lipinski definition) is 1. The second kappa shape index (κ2) is 6.70. The SMILES string of the molecule is CC(NC(=O)NCc1ccccc1F)c1ccccc1. The molecule has 0 heterocycles. The molecule has 0 spiro atoms. The van der Waals surface area contributed by atoms with E-state index < -0.39 is 0 Å². The first kappa shape index (κ1) is 14.1. The number of hydrogen-bond donors (Lipinski definition) is 2. The maximum Gasteiger partial charge on any atom is 0.315 e. The van der Waals surface area contributed by atoms with E-state index in [2.05, 4.69) is 10.6 Å². The lowest BCUT2D eigenvalue weighted by molar-refractivity contribution is 0.237. The van der Waals surface area contributed by atoms with Gasteiger partial charge in [0.05, 0.1) is 6.04 Å². The first-order valence-corrected chi connectivity index (χ1v) is 6.49. The second-order valence-electron chi connectivity index (χ2n) is 4.55. The molecule has 1 atom stereocenters. The zero-order valence-corrected chi connectivity index (χ0v) is 11.3. The van der Waals surface area contributed by atoms with Gasteiger partial charge in [0.2, 0.25) is 0 Å². The van der Waals surface area contributed by atoms with Crippen LogP contribution in [0.4, 0.5) is 9.18 Å². The van der Waals surface area contributed by atoms with Crippen LogP contribution in [0.25, 0.3) is 0 Å². The van der Waals surface area contributed by atoms with Gasteiger partial charge in [-0.2, -0.15) is 0 Å². The number of carbonyl (C=O) groups is 1. The lowest BCUT2D eigenvalue weighted by atomic mass is 10.1. The van der Waals surface area contributed by atoms with Crippen LogP contribution in [0, 0.1) is 5.82 Å². The fraction of sp³-hybridized carbons (Fsp3) is 0.188. The van der Waals surface area contributed by atoms with Crippen molar-refractivity contribution in [1.29, 1.82) is 0 Å². The average Bonchev–Trinajstić information content (AvgIpc) is 2.47. The smallest absolute Gasteiger partial charge is 0.315 e. The molecule has 2 N–H and O–H groups in total. The Morgan fingerprint density at radius 1 is 1.10 bits per heavy atom. The van der Waals surface area contributed by atoms with E-state index in [9.17, 15) is 9.18 Å². The highest BCUT2D eigenvalue weighted by molar-refractivity contribution is 5.74. The molecule has 2 rings (SSSR count). The third kappa shape index (κ3) is 3.82. The molecule has 3 nitrogen and oxygen atoms in total. The fourth-order valence-electron chi connectivity index (χ4n) is 1.89. The Hall–Kier alpha value is -2.36. The van der Waals surface area contributed by atoms with E-state index in [0.29, 0.717) is 5.56 Å². The Labute approximate surface area is 117 Å². The Morgan fingerprint density at radius 2 is 1.75 bits per heavy atom. The highest BCUT2D eigenvalue weighted by Crippen LogP contribution is 2.11. The number of urea groups is 1. The molecule has 0 aromatic heterocycles. The standard InChI is InChI=1S/C16H17FN2O/c1-12(13-7-3-2-4-8-13)19-16(20)18-11-14-9-5-6-10-15(14)17/h2-10,12H,11H2,1H3,(H2,18,19,20). The molecule has 0 radical (unpaired) electrons. The van der Waals surface area contributed by atoms with Crippen LogP contribution < -0.4 is 10.6 Å². The van der Waals surface area contributed by atoms with E-state index in [0.717, 1.165) is 5.56 Å². The normalized spacial score (nSPS) is 11.7. The molecule has 0 aliphatic heterocycles. The van der Waals surface area contributed by atoms with Gasteiger partial charge in [-0.1, -0.05) is 48.5 Å². The van der Waals surface area contributed by atoms with E-state index >= 15 is 0 Å². The first-order chi connectivity index (χ1) is 9.66. The van der Waals surface area contributed by atoms with Gasteiger partial charge in [-0.15, -0.1) is 0 Å². The second-order valence-corrected chi connectivity index (χ2v) is 4.55.